The summed E-state index contributed by atoms with van der Waals surface area (Å²) < 4.78 is 10.5. The first-order valence-corrected chi connectivity index (χ1v) is 5.38. The van der Waals surface area contributed by atoms with Gasteiger partial charge in [-0.3, -0.25) is 0 Å². The Morgan fingerprint density at radius 3 is 3.07 bits per heavy atom. The molecule has 1 aliphatic heterocycles. The molecule has 0 aromatic carbocycles. The molecule has 15 heavy (non-hydrogen) atoms. The van der Waals surface area contributed by atoms with Gasteiger partial charge in [0.1, 0.15) is 0 Å². The number of nitrogens with zero attached hydrogens (tertiary/aromatic N) is 2. The SMILES string of the molecule is Cc1noc(CNC2CCOC(C)C2)n1. The quantitative estimate of drug-likeness (QED) is 0.809. The van der Waals surface area contributed by atoms with E-state index in [0.29, 0.717) is 30.4 Å². The summed E-state index contributed by atoms with van der Waals surface area (Å²) in [5.41, 5.74) is 0. The maximum atomic E-state index is 5.47. The van der Waals surface area contributed by atoms with E-state index in [1.165, 1.54) is 0 Å². The van der Waals surface area contributed by atoms with E-state index >= 15 is 0 Å². The molecule has 0 amide bonds. The van der Waals surface area contributed by atoms with Crippen LogP contribution in [0.1, 0.15) is 31.5 Å². The summed E-state index contributed by atoms with van der Waals surface area (Å²) in [7, 11) is 0. The maximum Gasteiger partial charge on any atom is 0.240 e. The van der Waals surface area contributed by atoms with Crippen molar-refractivity contribution in [1.82, 2.24) is 15.5 Å². The van der Waals surface area contributed by atoms with Crippen molar-refractivity contribution in [2.75, 3.05) is 6.61 Å². The van der Waals surface area contributed by atoms with Crippen molar-refractivity contribution in [1.29, 1.82) is 0 Å². The molecule has 1 aliphatic rings. The predicted octanol–water partition coefficient (Wildman–Crippen LogP) is 1.04. The third-order valence-electron chi connectivity index (χ3n) is 2.60. The van der Waals surface area contributed by atoms with Crippen LogP contribution in [0.4, 0.5) is 0 Å². The molecule has 1 N–H and O–H groups in total. The minimum Gasteiger partial charge on any atom is -0.378 e. The summed E-state index contributed by atoms with van der Waals surface area (Å²) in [5.74, 6) is 1.35. The molecule has 0 saturated carbocycles. The maximum absolute atomic E-state index is 5.47. The van der Waals surface area contributed by atoms with Crippen molar-refractivity contribution < 1.29 is 9.26 Å². The Balaban J connectivity index is 1.77. The van der Waals surface area contributed by atoms with Gasteiger partial charge in [-0.05, 0) is 26.7 Å². The lowest BCUT2D eigenvalue weighted by Gasteiger charge is -2.27. The zero-order valence-electron chi connectivity index (χ0n) is 9.19. The first-order valence-electron chi connectivity index (χ1n) is 5.38. The van der Waals surface area contributed by atoms with Crippen LogP contribution >= 0.6 is 0 Å². The molecule has 5 nitrogen and oxygen atoms in total. The minimum atomic E-state index is 0.348. The summed E-state index contributed by atoms with van der Waals surface area (Å²) in [6, 6.07) is 0.501. The zero-order chi connectivity index (χ0) is 10.7. The normalized spacial score (nSPS) is 26.8. The summed E-state index contributed by atoms with van der Waals surface area (Å²) >= 11 is 0. The van der Waals surface area contributed by atoms with Crippen LogP contribution in [0.15, 0.2) is 4.52 Å². The molecule has 0 spiro atoms. The van der Waals surface area contributed by atoms with E-state index in [9.17, 15) is 0 Å². The lowest BCUT2D eigenvalue weighted by atomic mass is 10.0. The highest BCUT2D eigenvalue weighted by molar-refractivity contribution is 4.84. The van der Waals surface area contributed by atoms with Gasteiger partial charge in [0.05, 0.1) is 12.6 Å². The second-order valence-electron chi connectivity index (χ2n) is 4.02. The van der Waals surface area contributed by atoms with Gasteiger partial charge in [0.15, 0.2) is 5.82 Å². The number of ether oxygens (including phenoxy) is 1. The summed E-state index contributed by atoms with van der Waals surface area (Å²) in [5, 5.41) is 7.15. The molecule has 84 valence electrons. The van der Waals surface area contributed by atoms with Crippen molar-refractivity contribution >= 4 is 0 Å². The largest absolute Gasteiger partial charge is 0.378 e. The fourth-order valence-electron chi connectivity index (χ4n) is 1.83. The van der Waals surface area contributed by atoms with E-state index in [2.05, 4.69) is 22.4 Å². The van der Waals surface area contributed by atoms with Crippen molar-refractivity contribution in [3.05, 3.63) is 11.7 Å². The van der Waals surface area contributed by atoms with Gasteiger partial charge in [-0.25, -0.2) is 0 Å². The van der Waals surface area contributed by atoms with E-state index in [0.717, 1.165) is 19.4 Å². The fourth-order valence-corrected chi connectivity index (χ4v) is 1.83. The van der Waals surface area contributed by atoms with Crippen molar-refractivity contribution in [3.63, 3.8) is 0 Å². The van der Waals surface area contributed by atoms with Crippen molar-refractivity contribution in [2.45, 2.75) is 45.4 Å². The summed E-state index contributed by atoms with van der Waals surface area (Å²) in [6.07, 6.45) is 2.45. The van der Waals surface area contributed by atoms with Gasteiger partial charge in [-0.2, -0.15) is 4.98 Å². The molecular weight excluding hydrogens is 194 g/mol. The second kappa shape index (κ2) is 4.72. The lowest BCUT2D eigenvalue weighted by molar-refractivity contribution is 0.0126. The molecule has 0 radical (unpaired) electrons. The van der Waals surface area contributed by atoms with Crippen LogP contribution in [0, 0.1) is 6.92 Å². The Bertz CT molecular complexity index is 313. The highest BCUT2D eigenvalue weighted by atomic mass is 16.5. The van der Waals surface area contributed by atoms with Crippen LogP contribution in [0.5, 0.6) is 0 Å². The lowest BCUT2D eigenvalue weighted by Crippen LogP contribution is -2.37. The topological polar surface area (TPSA) is 60.2 Å². The van der Waals surface area contributed by atoms with E-state index in [4.69, 9.17) is 9.26 Å². The van der Waals surface area contributed by atoms with Crippen LogP contribution < -0.4 is 5.32 Å². The van der Waals surface area contributed by atoms with Gasteiger partial charge in [-0.15, -0.1) is 0 Å². The molecule has 0 bridgehead atoms. The van der Waals surface area contributed by atoms with Gasteiger partial charge < -0.3 is 14.6 Å². The number of aromatic nitrogens is 2. The monoisotopic (exact) mass is 211 g/mol. The van der Waals surface area contributed by atoms with E-state index < -0.39 is 0 Å². The van der Waals surface area contributed by atoms with E-state index in [1.807, 2.05) is 6.92 Å². The average molecular weight is 211 g/mol. The van der Waals surface area contributed by atoms with Gasteiger partial charge in [0, 0.05) is 12.6 Å². The number of aryl methyl sites for hydroxylation is 1. The number of hydrogen-bond donors (Lipinski definition) is 1. The molecule has 5 heteroatoms. The minimum absolute atomic E-state index is 0.348. The molecule has 1 saturated heterocycles. The van der Waals surface area contributed by atoms with Crippen molar-refractivity contribution in [3.8, 4) is 0 Å². The van der Waals surface area contributed by atoms with Crippen molar-refractivity contribution in [2.24, 2.45) is 0 Å². The van der Waals surface area contributed by atoms with Gasteiger partial charge in [0.2, 0.25) is 5.89 Å². The molecule has 2 unspecified atom stereocenters. The van der Waals surface area contributed by atoms with Gasteiger partial charge in [0.25, 0.3) is 0 Å². The first kappa shape index (κ1) is 10.6. The third-order valence-corrected chi connectivity index (χ3v) is 2.60. The van der Waals surface area contributed by atoms with Gasteiger partial charge in [-0.1, -0.05) is 5.16 Å². The predicted molar refractivity (Wildman–Crippen MR) is 54.3 cm³/mol. The van der Waals surface area contributed by atoms with Crippen LogP contribution in [0.2, 0.25) is 0 Å². The number of rotatable bonds is 3. The second-order valence-corrected chi connectivity index (χ2v) is 4.02. The first-order chi connectivity index (χ1) is 7.24. The molecular formula is C10H17N3O2. The van der Waals surface area contributed by atoms with Crippen LogP contribution in [0.3, 0.4) is 0 Å². The Labute approximate surface area is 89.2 Å². The van der Waals surface area contributed by atoms with E-state index in [-0.39, 0.29) is 0 Å². The van der Waals surface area contributed by atoms with Gasteiger partial charge >= 0.3 is 0 Å². The Morgan fingerprint density at radius 2 is 2.40 bits per heavy atom. The molecule has 1 aromatic rings. The van der Waals surface area contributed by atoms with Crippen LogP contribution in [-0.2, 0) is 11.3 Å². The molecule has 2 heterocycles. The highest BCUT2D eigenvalue weighted by Crippen LogP contribution is 2.13. The average Bonchev–Trinajstić information content (AvgIpc) is 2.62. The fraction of sp³-hybridized carbons (Fsp3) is 0.800. The summed E-state index contributed by atoms with van der Waals surface area (Å²) in [6.45, 7) is 5.41. The third kappa shape index (κ3) is 3.00. The van der Waals surface area contributed by atoms with E-state index in [1.54, 1.807) is 0 Å². The molecule has 2 atom stereocenters. The Kier molecular flexibility index (Phi) is 3.33. The zero-order valence-corrected chi connectivity index (χ0v) is 9.19. The molecule has 0 aliphatic carbocycles. The van der Waals surface area contributed by atoms with Crippen LogP contribution in [-0.4, -0.2) is 28.9 Å². The Hall–Kier alpha value is -0.940. The van der Waals surface area contributed by atoms with Crippen LogP contribution in [0.25, 0.3) is 0 Å². The smallest absolute Gasteiger partial charge is 0.240 e. The Morgan fingerprint density at radius 1 is 1.53 bits per heavy atom. The molecule has 2 rings (SSSR count). The number of nitrogens with one attached hydrogen (secondary N) is 1. The standard InChI is InChI=1S/C10H17N3O2/c1-7-5-9(3-4-14-7)11-6-10-12-8(2)13-15-10/h7,9,11H,3-6H2,1-2H3. The summed E-state index contributed by atoms with van der Waals surface area (Å²) in [4.78, 5) is 4.14. The highest BCUT2D eigenvalue weighted by Gasteiger charge is 2.19. The molecule has 1 fully saturated rings. The number of hydrogen-bond acceptors (Lipinski definition) is 5. The molecule has 1 aromatic heterocycles.